The van der Waals surface area contributed by atoms with Crippen LogP contribution in [0.15, 0.2) is 24.3 Å². The van der Waals surface area contributed by atoms with Gasteiger partial charge in [-0.05, 0) is 18.2 Å². The van der Waals surface area contributed by atoms with Gasteiger partial charge in [-0.2, -0.15) is 11.8 Å². The minimum atomic E-state index is 0.447. The Kier molecular flexibility index (Phi) is 2.04. The molecule has 0 spiro atoms. The predicted octanol–water partition coefficient (Wildman–Crippen LogP) is 1.98. The monoisotopic (exact) mass is 165 g/mol. The fourth-order valence-electron chi connectivity index (χ4n) is 0.925. The summed E-state index contributed by atoms with van der Waals surface area (Å²) < 4.78 is 5.61. The molecule has 1 aromatic carbocycles. The second kappa shape index (κ2) is 3.18. The summed E-state index contributed by atoms with van der Waals surface area (Å²) in [7, 11) is 0. The molecule has 1 heterocycles. The molecule has 1 fully saturated rings. The molecular formula is C9H9OS. The molecule has 0 bridgehead atoms. The van der Waals surface area contributed by atoms with Crippen LogP contribution in [0, 0.1) is 6.07 Å². The summed E-state index contributed by atoms with van der Waals surface area (Å²) in [6.07, 6.45) is 0.447. The first-order valence-electron chi connectivity index (χ1n) is 3.66. The van der Waals surface area contributed by atoms with E-state index in [0.29, 0.717) is 6.10 Å². The molecule has 2 rings (SSSR count). The lowest BCUT2D eigenvalue weighted by atomic mass is 10.3. The van der Waals surface area contributed by atoms with Crippen LogP contribution in [0.5, 0.6) is 5.75 Å². The normalized spacial score (nSPS) is 17.5. The number of thioether (sulfide) groups is 1. The van der Waals surface area contributed by atoms with Gasteiger partial charge in [0.05, 0.1) is 0 Å². The van der Waals surface area contributed by atoms with Gasteiger partial charge in [0.1, 0.15) is 11.9 Å². The van der Waals surface area contributed by atoms with Crippen molar-refractivity contribution in [1.29, 1.82) is 0 Å². The van der Waals surface area contributed by atoms with E-state index in [1.54, 1.807) is 0 Å². The topological polar surface area (TPSA) is 9.23 Å². The quantitative estimate of drug-likeness (QED) is 0.662. The Balaban J connectivity index is 1.95. The molecule has 11 heavy (non-hydrogen) atoms. The third-order valence-corrected chi connectivity index (χ3v) is 2.81. The second-order valence-electron chi connectivity index (χ2n) is 2.51. The standard InChI is InChI=1S/C9H9OS/c1-2-4-8(5-3-1)10-9-6-11-7-9/h2-5,9H,6-7H2. The summed E-state index contributed by atoms with van der Waals surface area (Å²) in [5.74, 6) is 3.24. The van der Waals surface area contributed by atoms with Crippen LogP contribution in [-0.2, 0) is 0 Å². The molecular weight excluding hydrogens is 156 g/mol. The Labute approximate surface area is 70.8 Å². The zero-order chi connectivity index (χ0) is 7.52. The Morgan fingerprint density at radius 3 is 2.64 bits per heavy atom. The lowest BCUT2D eigenvalue weighted by Gasteiger charge is -2.25. The molecule has 1 aromatic rings. The molecule has 1 radical (unpaired) electrons. The molecule has 1 nitrogen and oxygen atoms in total. The molecule has 1 aliphatic heterocycles. The molecule has 1 saturated heterocycles. The van der Waals surface area contributed by atoms with Gasteiger partial charge in [0.2, 0.25) is 0 Å². The molecule has 57 valence electrons. The molecule has 0 aromatic heterocycles. The number of hydrogen-bond donors (Lipinski definition) is 0. The van der Waals surface area contributed by atoms with Crippen molar-refractivity contribution in [2.45, 2.75) is 6.10 Å². The van der Waals surface area contributed by atoms with E-state index in [1.165, 1.54) is 0 Å². The Bertz CT molecular complexity index is 218. The lowest BCUT2D eigenvalue weighted by Crippen LogP contribution is -2.30. The highest BCUT2D eigenvalue weighted by Gasteiger charge is 2.19. The lowest BCUT2D eigenvalue weighted by molar-refractivity contribution is 0.240. The third-order valence-electron chi connectivity index (χ3n) is 1.60. The number of hydrogen-bond acceptors (Lipinski definition) is 2. The maximum absolute atomic E-state index is 5.61. The molecule has 0 unspecified atom stereocenters. The number of benzene rings is 1. The van der Waals surface area contributed by atoms with Crippen LogP contribution in [0.25, 0.3) is 0 Å². The van der Waals surface area contributed by atoms with Gasteiger partial charge in [0, 0.05) is 11.5 Å². The zero-order valence-corrected chi connectivity index (χ0v) is 6.93. The first-order chi connectivity index (χ1) is 5.45. The van der Waals surface area contributed by atoms with Crippen LogP contribution < -0.4 is 4.74 Å². The van der Waals surface area contributed by atoms with Gasteiger partial charge in [0.25, 0.3) is 0 Å². The summed E-state index contributed by atoms with van der Waals surface area (Å²) in [5, 5.41) is 0. The van der Waals surface area contributed by atoms with Crippen molar-refractivity contribution in [2.75, 3.05) is 11.5 Å². The highest BCUT2D eigenvalue weighted by Crippen LogP contribution is 2.23. The molecule has 0 atom stereocenters. The second-order valence-corrected chi connectivity index (χ2v) is 3.59. The van der Waals surface area contributed by atoms with Crippen molar-refractivity contribution in [3.8, 4) is 5.75 Å². The van der Waals surface area contributed by atoms with E-state index in [2.05, 4.69) is 6.07 Å². The summed E-state index contributed by atoms with van der Waals surface area (Å²) in [6, 6.07) is 10.6. The largest absolute Gasteiger partial charge is 0.489 e. The fourth-order valence-corrected chi connectivity index (χ4v) is 1.49. The van der Waals surface area contributed by atoms with Gasteiger partial charge in [0.15, 0.2) is 0 Å². The van der Waals surface area contributed by atoms with E-state index >= 15 is 0 Å². The fraction of sp³-hybridized carbons (Fsp3) is 0.333. The number of ether oxygens (including phenoxy) is 1. The summed E-state index contributed by atoms with van der Waals surface area (Å²) in [6.45, 7) is 0. The molecule has 1 aliphatic rings. The Hall–Kier alpha value is -0.630. The van der Waals surface area contributed by atoms with E-state index in [9.17, 15) is 0 Å². The van der Waals surface area contributed by atoms with Gasteiger partial charge in [-0.25, -0.2) is 0 Å². The average Bonchev–Trinajstić information content (AvgIpc) is 1.99. The van der Waals surface area contributed by atoms with Crippen LogP contribution in [0.4, 0.5) is 0 Å². The van der Waals surface area contributed by atoms with Crippen molar-refractivity contribution in [3.63, 3.8) is 0 Å². The van der Waals surface area contributed by atoms with Crippen LogP contribution in [0.3, 0.4) is 0 Å². The maximum atomic E-state index is 5.61. The van der Waals surface area contributed by atoms with Gasteiger partial charge in [-0.1, -0.05) is 12.1 Å². The molecule has 0 aliphatic carbocycles. The molecule has 0 saturated carbocycles. The Morgan fingerprint density at radius 1 is 1.36 bits per heavy atom. The van der Waals surface area contributed by atoms with Crippen LogP contribution in [0.2, 0.25) is 0 Å². The van der Waals surface area contributed by atoms with E-state index in [1.807, 2.05) is 36.0 Å². The van der Waals surface area contributed by atoms with E-state index in [0.717, 1.165) is 17.3 Å². The van der Waals surface area contributed by atoms with Gasteiger partial charge < -0.3 is 4.74 Å². The van der Waals surface area contributed by atoms with E-state index < -0.39 is 0 Å². The number of rotatable bonds is 2. The van der Waals surface area contributed by atoms with Gasteiger partial charge >= 0.3 is 0 Å². The summed E-state index contributed by atoms with van der Waals surface area (Å²) >= 11 is 1.93. The van der Waals surface area contributed by atoms with Crippen molar-refractivity contribution in [1.82, 2.24) is 0 Å². The minimum absolute atomic E-state index is 0.447. The van der Waals surface area contributed by atoms with Crippen molar-refractivity contribution < 1.29 is 4.74 Å². The predicted molar refractivity (Wildman–Crippen MR) is 47.0 cm³/mol. The van der Waals surface area contributed by atoms with Crippen molar-refractivity contribution in [3.05, 3.63) is 30.3 Å². The summed E-state index contributed by atoms with van der Waals surface area (Å²) in [4.78, 5) is 0. The Morgan fingerprint density at radius 2 is 2.09 bits per heavy atom. The smallest absolute Gasteiger partial charge is 0.119 e. The van der Waals surface area contributed by atoms with E-state index in [4.69, 9.17) is 4.74 Å². The minimum Gasteiger partial charge on any atom is -0.489 e. The molecule has 0 amide bonds. The molecule has 0 N–H and O–H groups in total. The zero-order valence-electron chi connectivity index (χ0n) is 6.12. The SMILES string of the molecule is [c]1ccc(OC2CSC2)cc1. The van der Waals surface area contributed by atoms with Crippen LogP contribution >= 0.6 is 11.8 Å². The first-order valence-corrected chi connectivity index (χ1v) is 4.81. The van der Waals surface area contributed by atoms with Gasteiger partial charge in [-0.15, -0.1) is 0 Å². The first kappa shape index (κ1) is 7.04. The van der Waals surface area contributed by atoms with E-state index in [-0.39, 0.29) is 0 Å². The van der Waals surface area contributed by atoms with Crippen molar-refractivity contribution >= 4 is 11.8 Å². The van der Waals surface area contributed by atoms with Crippen molar-refractivity contribution in [2.24, 2.45) is 0 Å². The third kappa shape index (κ3) is 1.69. The highest BCUT2D eigenvalue weighted by molar-refractivity contribution is 8.00. The maximum Gasteiger partial charge on any atom is 0.119 e. The average molecular weight is 165 g/mol. The summed E-state index contributed by atoms with van der Waals surface area (Å²) in [5.41, 5.74) is 0. The van der Waals surface area contributed by atoms with Crippen LogP contribution in [-0.4, -0.2) is 17.6 Å². The highest BCUT2D eigenvalue weighted by atomic mass is 32.2. The van der Waals surface area contributed by atoms with Crippen LogP contribution in [0.1, 0.15) is 0 Å². The molecule has 2 heteroatoms. The van der Waals surface area contributed by atoms with Gasteiger partial charge in [-0.3, -0.25) is 0 Å².